The molecule has 0 bridgehead atoms. The second-order valence-electron chi connectivity index (χ2n) is 4.55. The average Bonchev–Trinajstić information content (AvgIpc) is 2.55. The molecule has 2 nitrogen and oxygen atoms in total. The van der Waals surface area contributed by atoms with Crippen LogP contribution in [-0.4, -0.2) is 12.9 Å². The summed E-state index contributed by atoms with van der Waals surface area (Å²) in [5, 5.41) is 10.9. The molecule has 2 aromatic carbocycles. The van der Waals surface area contributed by atoms with Crippen LogP contribution in [0.2, 0.25) is 0 Å². The van der Waals surface area contributed by atoms with Crippen LogP contribution in [0.3, 0.4) is 0 Å². The van der Waals surface area contributed by atoms with Crippen LogP contribution in [0.15, 0.2) is 60.0 Å². The van der Waals surface area contributed by atoms with Crippen molar-refractivity contribution in [2.24, 2.45) is 0 Å². The summed E-state index contributed by atoms with van der Waals surface area (Å²) in [6, 6.07) is 19.9. The molecule has 106 valence electrons. The lowest BCUT2D eigenvalue weighted by Crippen LogP contribution is -1.98. The van der Waals surface area contributed by atoms with Gasteiger partial charge in [0.1, 0.15) is 0 Å². The summed E-state index contributed by atoms with van der Waals surface area (Å²) in [6.07, 6.45) is 2.03. The first-order valence-corrected chi connectivity index (χ1v) is 7.96. The number of nitriles is 1. The summed E-state index contributed by atoms with van der Waals surface area (Å²) in [4.78, 5) is 0. The third-order valence-electron chi connectivity index (χ3n) is 3.01. The first-order valence-electron chi connectivity index (χ1n) is 6.67. The number of nitrogens with zero attached hydrogens (tertiary/aromatic N) is 1. The monoisotopic (exact) mass is 295 g/mol. The fourth-order valence-electron chi connectivity index (χ4n) is 1.94. The van der Waals surface area contributed by atoms with Gasteiger partial charge in [0, 0.05) is 0 Å². The fraction of sp³-hybridized carbons (Fsp3) is 0.167. The predicted molar refractivity (Wildman–Crippen MR) is 88.7 cm³/mol. The van der Waals surface area contributed by atoms with Gasteiger partial charge in [-0.2, -0.15) is 5.26 Å². The third-order valence-corrected chi connectivity index (χ3v) is 3.53. The van der Waals surface area contributed by atoms with Crippen LogP contribution in [-0.2, 0) is 11.3 Å². The van der Waals surface area contributed by atoms with E-state index in [1.54, 1.807) is 11.8 Å². The summed E-state index contributed by atoms with van der Waals surface area (Å²) in [5.41, 5.74) is 4.06. The molecule has 0 aromatic heterocycles. The minimum atomic E-state index is 0.557. The molecule has 0 atom stereocenters. The zero-order valence-corrected chi connectivity index (χ0v) is 12.8. The van der Waals surface area contributed by atoms with Gasteiger partial charge >= 0.3 is 0 Å². The van der Waals surface area contributed by atoms with Gasteiger partial charge in [0.05, 0.1) is 24.8 Å². The molecule has 0 amide bonds. The van der Waals surface area contributed by atoms with Crippen molar-refractivity contribution >= 4 is 17.3 Å². The Balaban J connectivity index is 1.99. The first-order chi connectivity index (χ1) is 10.3. The second kappa shape index (κ2) is 8.31. The quantitative estimate of drug-likeness (QED) is 0.787. The fourth-order valence-corrected chi connectivity index (χ4v) is 2.43. The van der Waals surface area contributed by atoms with E-state index >= 15 is 0 Å². The Morgan fingerprint density at radius 1 is 1.14 bits per heavy atom. The van der Waals surface area contributed by atoms with Crippen LogP contribution in [0.1, 0.15) is 16.7 Å². The lowest BCUT2D eigenvalue weighted by Gasteiger charge is -2.09. The highest BCUT2D eigenvalue weighted by Crippen LogP contribution is 2.19. The topological polar surface area (TPSA) is 33.0 Å². The van der Waals surface area contributed by atoms with Crippen LogP contribution >= 0.6 is 11.8 Å². The van der Waals surface area contributed by atoms with Crippen molar-refractivity contribution in [2.45, 2.75) is 6.61 Å². The van der Waals surface area contributed by atoms with Crippen molar-refractivity contribution < 1.29 is 4.74 Å². The molecule has 0 N–H and O–H groups in total. The van der Waals surface area contributed by atoms with Crippen LogP contribution < -0.4 is 0 Å². The Labute approximate surface area is 130 Å². The number of hydrogen-bond donors (Lipinski definition) is 0. The van der Waals surface area contributed by atoms with Crippen LogP contribution in [0.5, 0.6) is 0 Å². The molecular formula is C18H17NOS. The second-order valence-corrected chi connectivity index (χ2v) is 5.25. The minimum absolute atomic E-state index is 0.557. The SMILES string of the molecule is CS/C=C(/COCc1ccccc1)c1ccc(C#N)cc1. The Morgan fingerprint density at radius 2 is 1.86 bits per heavy atom. The maximum Gasteiger partial charge on any atom is 0.0991 e. The van der Waals surface area contributed by atoms with E-state index in [0.29, 0.717) is 18.8 Å². The van der Waals surface area contributed by atoms with Crippen LogP contribution in [0.25, 0.3) is 5.57 Å². The Morgan fingerprint density at radius 3 is 2.48 bits per heavy atom. The molecule has 0 fully saturated rings. The van der Waals surface area contributed by atoms with E-state index in [2.05, 4.69) is 23.6 Å². The van der Waals surface area contributed by atoms with Crippen molar-refractivity contribution in [3.63, 3.8) is 0 Å². The number of rotatable bonds is 6. The Bertz CT molecular complexity index is 627. The summed E-state index contributed by atoms with van der Waals surface area (Å²) in [6.45, 7) is 1.16. The number of hydrogen-bond acceptors (Lipinski definition) is 3. The zero-order chi connectivity index (χ0) is 14.9. The van der Waals surface area contributed by atoms with E-state index in [9.17, 15) is 0 Å². The maximum absolute atomic E-state index is 8.84. The molecule has 0 spiro atoms. The largest absolute Gasteiger partial charge is 0.372 e. The van der Waals surface area contributed by atoms with Gasteiger partial charge in [-0.05, 0) is 40.5 Å². The maximum atomic E-state index is 8.84. The average molecular weight is 295 g/mol. The molecule has 0 aliphatic heterocycles. The van der Waals surface area contributed by atoms with Crippen molar-refractivity contribution in [3.05, 3.63) is 76.7 Å². The molecule has 2 rings (SSSR count). The highest BCUT2D eigenvalue weighted by atomic mass is 32.2. The van der Waals surface area contributed by atoms with Gasteiger partial charge in [0.2, 0.25) is 0 Å². The molecule has 2 aromatic rings. The van der Waals surface area contributed by atoms with Crippen molar-refractivity contribution in [1.82, 2.24) is 0 Å². The molecule has 21 heavy (non-hydrogen) atoms. The van der Waals surface area contributed by atoms with E-state index in [1.807, 2.05) is 48.7 Å². The third kappa shape index (κ3) is 4.78. The molecule has 0 saturated heterocycles. The molecule has 0 unspecified atom stereocenters. The van der Waals surface area contributed by atoms with Crippen molar-refractivity contribution in [3.8, 4) is 6.07 Å². The summed E-state index contributed by atoms with van der Waals surface area (Å²) in [7, 11) is 0. The van der Waals surface area contributed by atoms with Gasteiger partial charge in [-0.25, -0.2) is 0 Å². The summed E-state index contributed by atoms with van der Waals surface area (Å²) >= 11 is 1.65. The lowest BCUT2D eigenvalue weighted by molar-refractivity contribution is 0.153. The zero-order valence-electron chi connectivity index (χ0n) is 12.0. The molecule has 3 heteroatoms. The summed E-state index contributed by atoms with van der Waals surface area (Å²) < 4.78 is 5.80. The molecule has 0 aliphatic rings. The van der Waals surface area contributed by atoms with E-state index in [4.69, 9.17) is 10.00 Å². The molecule has 0 saturated carbocycles. The van der Waals surface area contributed by atoms with E-state index in [1.165, 1.54) is 5.56 Å². The number of thioether (sulfide) groups is 1. The Hall–Kier alpha value is -2.02. The normalized spacial score (nSPS) is 11.1. The van der Waals surface area contributed by atoms with Crippen molar-refractivity contribution in [2.75, 3.05) is 12.9 Å². The van der Waals surface area contributed by atoms with Gasteiger partial charge in [0.15, 0.2) is 0 Å². The van der Waals surface area contributed by atoms with Gasteiger partial charge in [-0.15, -0.1) is 11.8 Å². The van der Waals surface area contributed by atoms with Gasteiger partial charge in [0.25, 0.3) is 0 Å². The van der Waals surface area contributed by atoms with E-state index in [0.717, 1.165) is 11.1 Å². The van der Waals surface area contributed by atoms with E-state index in [-0.39, 0.29) is 0 Å². The Kier molecular flexibility index (Phi) is 6.08. The van der Waals surface area contributed by atoms with Crippen LogP contribution in [0.4, 0.5) is 0 Å². The van der Waals surface area contributed by atoms with Crippen molar-refractivity contribution in [1.29, 1.82) is 5.26 Å². The molecule has 0 heterocycles. The van der Waals surface area contributed by atoms with E-state index < -0.39 is 0 Å². The highest BCUT2D eigenvalue weighted by Gasteiger charge is 2.03. The van der Waals surface area contributed by atoms with Gasteiger partial charge in [-0.3, -0.25) is 0 Å². The lowest BCUT2D eigenvalue weighted by atomic mass is 10.1. The summed E-state index contributed by atoms with van der Waals surface area (Å²) in [5.74, 6) is 0. The first kappa shape index (κ1) is 15.4. The molecule has 0 radical (unpaired) electrons. The highest BCUT2D eigenvalue weighted by molar-refractivity contribution is 8.01. The van der Waals surface area contributed by atoms with Crippen LogP contribution in [0, 0.1) is 11.3 Å². The molecular weight excluding hydrogens is 278 g/mol. The number of benzene rings is 2. The smallest absolute Gasteiger partial charge is 0.0991 e. The molecule has 0 aliphatic carbocycles. The van der Waals surface area contributed by atoms with Gasteiger partial charge in [-0.1, -0.05) is 42.5 Å². The standard InChI is InChI=1S/C18H17NOS/c1-21-14-18(17-9-7-15(11-19)8-10-17)13-20-12-16-5-3-2-4-6-16/h2-10,14H,12-13H2,1H3/b18-14-. The number of ether oxygens (including phenoxy) is 1. The predicted octanol–water partition coefficient (Wildman–Crippen LogP) is 4.48. The minimum Gasteiger partial charge on any atom is -0.372 e. The van der Waals surface area contributed by atoms with Gasteiger partial charge < -0.3 is 4.74 Å².